The molecule has 1 heterocycles. The maximum Gasteiger partial charge on any atom is 0.407 e. The molecule has 1 aliphatic rings. The first-order valence-electron chi connectivity index (χ1n) is 10.3. The molecule has 0 aromatic heterocycles. The lowest BCUT2D eigenvalue weighted by molar-refractivity contribution is 0.0507. The van der Waals surface area contributed by atoms with Crippen LogP contribution in [0.1, 0.15) is 40.5 Å². The van der Waals surface area contributed by atoms with Crippen molar-refractivity contribution in [3.8, 4) is 0 Å². The third-order valence-corrected chi connectivity index (χ3v) is 6.60. The summed E-state index contributed by atoms with van der Waals surface area (Å²) in [5.41, 5.74) is -0.543. The number of rotatable bonds is 6. The highest BCUT2D eigenvalue weighted by Crippen LogP contribution is 2.15. The van der Waals surface area contributed by atoms with E-state index >= 15 is 0 Å². The molecule has 2 rings (SSSR count). The zero-order valence-electron chi connectivity index (χ0n) is 18.5. The van der Waals surface area contributed by atoms with Crippen molar-refractivity contribution < 1.29 is 17.9 Å². The summed E-state index contributed by atoms with van der Waals surface area (Å²) in [5.74, 6) is 0.624. The number of benzene rings is 1. The molecule has 0 aliphatic carbocycles. The molecule has 1 aliphatic heterocycles. The molecule has 168 valence electrons. The van der Waals surface area contributed by atoms with Crippen LogP contribution in [0.15, 0.2) is 40.2 Å². The third-order valence-electron chi connectivity index (χ3n) is 4.77. The SMILES string of the molecule is CCC(CS(=O)(=O)c1ccccc1)NC(=NC)N1CC[C@@H](NC(=O)OC(C)(C)C)C1. The summed E-state index contributed by atoms with van der Waals surface area (Å²) in [4.78, 5) is 18.7. The van der Waals surface area contributed by atoms with Crippen molar-refractivity contribution in [3.05, 3.63) is 30.3 Å². The molecule has 8 nitrogen and oxygen atoms in total. The Bertz CT molecular complexity index is 834. The Balaban J connectivity index is 1.95. The number of nitrogens with zero attached hydrogens (tertiary/aromatic N) is 2. The Kier molecular flexibility index (Phi) is 8.11. The summed E-state index contributed by atoms with van der Waals surface area (Å²) in [6.07, 6.45) is 0.968. The van der Waals surface area contributed by atoms with Gasteiger partial charge in [0.2, 0.25) is 0 Å². The second kappa shape index (κ2) is 10.1. The summed E-state index contributed by atoms with van der Waals surface area (Å²) in [6, 6.07) is 8.16. The first-order chi connectivity index (χ1) is 14.0. The Morgan fingerprint density at radius 2 is 1.97 bits per heavy atom. The molecule has 9 heteroatoms. The van der Waals surface area contributed by atoms with Crippen LogP contribution in [0.4, 0.5) is 4.79 Å². The summed E-state index contributed by atoms with van der Waals surface area (Å²) < 4.78 is 30.8. The summed E-state index contributed by atoms with van der Waals surface area (Å²) >= 11 is 0. The Labute approximate surface area is 180 Å². The van der Waals surface area contributed by atoms with Gasteiger partial charge in [0.1, 0.15) is 5.60 Å². The van der Waals surface area contributed by atoms with E-state index in [2.05, 4.69) is 15.6 Å². The lowest BCUT2D eigenvalue weighted by Gasteiger charge is -2.26. The van der Waals surface area contributed by atoms with Gasteiger partial charge in [0.25, 0.3) is 0 Å². The van der Waals surface area contributed by atoms with Crippen molar-refractivity contribution in [2.24, 2.45) is 4.99 Å². The quantitative estimate of drug-likeness (QED) is 0.523. The zero-order chi connectivity index (χ0) is 22.4. The van der Waals surface area contributed by atoms with Crippen molar-refractivity contribution in [2.75, 3.05) is 25.9 Å². The van der Waals surface area contributed by atoms with E-state index in [0.29, 0.717) is 30.4 Å². The van der Waals surface area contributed by atoms with Crippen LogP contribution < -0.4 is 10.6 Å². The first-order valence-corrected chi connectivity index (χ1v) is 11.9. The number of carbonyl (C=O) groups excluding carboxylic acids is 1. The van der Waals surface area contributed by atoms with Gasteiger partial charge in [0.15, 0.2) is 15.8 Å². The van der Waals surface area contributed by atoms with E-state index in [-0.39, 0.29) is 17.8 Å². The minimum Gasteiger partial charge on any atom is -0.444 e. The van der Waals surface area contributed by atoms with Crippen LogP contribution >= 0.6 is 0 Å². The summed E-state index contributed by atoms with van der Waals surface area (Å²) in [6.45, 7) is 8.72. The van der Waals surface area contributed by atoms with Gasteiger partial charge in [-0.1, -0.05) is 25.1 Å². The van der Waals surface area contributed by atoms with Gasteiger partial charge in [-0.3, -0.25) is 4.99 Å². The van der Waals surface area contributed by atoms with Gasteiger partial charge in [-0.15, -0.1) is 0 Å². The predicted octanol–water partition coefficient (Wildman–Crippen LogP) is 2.41. The lowest BCUT2D eigenvalue weighted by Crippen LogP contribution is -2.48. The Morgan fingerprint density at radius 3 is 2.53 bits per heavy atom. The molecule has 30 heavy (non-hydrogen) atoms. The van der Waals surface area contributed by atoms with E-state index in [9.17, 15) is 13.2 Å². The van der Waals surface area contributed by atoms with Gasteiger partial charge in [-0.05, 0) is 45.7 Å². The summed E-state index contributed by atoms with van der Waals surface area (Å²) in [7, 11) is -1.73. The second-order valence-corrected chi connectivity index (χ2v) is 10.5. The van der Waals surface area contributed by atoms with Gasteiger partial charge < -0.3 is 20.3 Å². The number of carbonyl (C=O) groups is 1. The van der Waals surface area contributed by atoms with Crippen molar-refractivity contribution in [2.45, 2.75) is 63.1 Å². The lowest BCUT2D eigenvalue weighted by atomic mass is 10.2. The molecule has 1 aromatic carbocycles. The Morgan fingerprint density at radius 1 is 1.30 bits per heavy atom. The summed E-state index contributed by atoms with van der Waals surface area (Å²) in [5, 5.41) is 6.18. The maximum atomic E-state index is 12.7. The average Bonchev–Trinajstić information content (AvgIpc) is 3.12. The molecule has 1 aromatic rings. The zero-order valence-corrected chi connectivity index (χ0v) is 19.3. The number of hydrogen-bond donors (Lipinski definition) is 2. The number of hydrogen-bond acceptors (Lipinski definition) is 5. The molecule has 0 spiro atoms. The standard InChI is InChI=1S/C21H34N4O4S/c1-6-16(15-30(27,28)18-10-8-7-9-11-18)23-19(22-5)25-13-12-17(14-25)24-20(26)29-21(2,3)4/h7-11,16-17H,6,12-15H2,1-5H3,(H,22,23)(H,24,26)/t16?,17-/m1/s1. The van der Waals surface area contributed by atoms with Crippen molar-refractivity contribution in [1.29, 1.82) is 0 Å². The smallest absolute Gasteiger partial charge is 0.407 e. The minimum absolute atomic E-state index is 0.0139. The number of aliphatic imine (C=N–C) groups is 1. The molecule has 0 saturated carbocycles. The van der Waals surface area contributed by atoms with E-state index in [1.54, 1.807) is 37.4 Å². The molecule has 2 atom stereocenters. The molecular formula is C21H34N4O4S. The molecule has 1 unspecified atom stereocenters. The predicted molar refractivity (Wildman–Crippen MR) is 118 cm³/mol. The normalized spacial score (nSPS) is 18.8. The first kappa shape index (κ1) is 24.0. The number of nitrogens with one attached hydrogen (secondary N) is 2. The fraction of sp³-hybridized carbons (Fsp3) is 0.619. The molecule has 1 saturated heterocycles. The van der Waals surface area contributed by atoms with Crippen LogP contribution in [0.2, 0.25) is 0 Å². The monoisotopic (exact) mass is 438 g/mol. The number of sulfone groups is 1. The highest BCUT2D eigenvalue weighted by atomic mass is 32.2. The maximum absolute atomic E-state index is 12.7. The highest BCUT2D eigenvalue weighted by Gasteiger charge is 2.29. The van der Waals surface area contributed by atoms with Crippen LogP contribution in [0, 0.1) is 0 Å². The molecule has 1 amide bonds. The van der Waals surface area contributed by atoms with Gasteiger partial charge in [0, 0.05) is 26.2 Å². The van der Waals surface area contributed by atoms with Gasteiger partial charge in [-0.2, -0.15) is 0 Å². The van der Waals surface area contributed by atoms with Gasteiger partial charge in [0.05, 0.1) is 16.7 Å². The fourth-order valence-corrected chi connectivity index (χ4v) is 4.89. The number of alkyl carbamates (subject to hydrolysis) is 1. The van der Waals surface area contributed by atoms with E-state index in [4.69, 9.17) is 4.74 Å². The number of ether oxygens (including phenoxy) is 1. The van der Waals surface area contributed by atoms with E-state index in [1.807, 2.05) is 32.6 Å². The molecular weight excluding hydrogens is 404 g/mol. The second-order valence-electron chi connectivity index (χ2n) is 8.47. The van der Waals surface area contributed by atoms with Crippen LogP contribution in [0.5, 0.6) is 0 Å². The van der Waals surface area contributed by atoms with Crippen LogP contribution in [-0.4, -0.2) is 68.9 Å². The molecule has 2 N–H and O–H groups in total. The third kappa shape index (κ3) is 7.19. The fourth-order valence-electron chi connectivity index (χ4n) is 3.28. The number of likely N-dealkylation sites (tertiary alicyclic amines) is 1. The average molecular weight is 439 g/mol. The van der Waals surface area contributed by atoms with E-state index < -0.39 is 21.5 Å². The molecule has 0 bridgehead atoms. The van der Waals surface area contributed by atoms with Crippen LogP contribution in [-0.2, 0) is 14.6 Å². The van der Waals surface area contributed by atoms with Gasteiger partial charge >= 0.3 is 6.09 Å². The van der Waals surface area contributed by atoms with E-state index in [1.165, 1.54) is 0 Å². The van der Waals surface area contributed by atoms with Crippen LogP contribution in [0.25, 0.3) is 0 Å². The van der Waals surface area contributed by atoms with Gasteiger partial charge in [-0.25, -0.2) is 13.2 Å². The van der Waals surface area contributed by atoms with Crippen LogP contribution in [0.3, 0.4) is 0 Å². The highest BCUT2D eigenvalue weighted by molar-refractivity contribution is 7.91. The number of guanidine groups is 1. The van der Waals surface area contributed by atoms with E-state index in [0.717, 1.165) is 6.42 Å². The number of amides is 1. The van der Waals surface area contributed by atoms with Crippen molar-refractivity contribution >= 4 is 21.9 Å². The largest absolute Gasteiger partial charge is 0.444 e. The minimum atomic E-state index is -3.40. The van der Waals surface area contributed by atoms with Crippen molar-refractivity contribution in [1.82, 2.24) is 15.5 Å². The Hall–Kier alpha value is -2.29. The molecule has 1 fully saturated rings. The topological polar surface area (TPSA) is 100 Å². The molecule has 0 radical (unpaired) electrons. The van der Waals surface area contributed by atoms with Crippen molar-refractivity contribution in [3.63, 3.8) is 0 Å².